The van der Waals surface area contributed by atoms with Crippen LogP contribution in [-0.4, -0.2) is 15.1 Å². The van der Waals surface area contributed by atoms with E-state index >= 15 is 0 Å². The molecule has 22 heavy (non-hydrogen) atoms. The first-order valence-corrected chi connectivity index (χ1v) is 6.92. The maximum Gasteiger partial charge on any atom is 0.194 e. The van der Waals surface area contributed by atoms with Crippen LogP contribution in [0.15, 0.2) is 79.3 Å². The average molecular weight is 286 g/mol. The van der Waals surface area contributed by atoms with Crippen LogP contribution >= 0.6 is 0 Å². The highest BCUT2D eigenvalue weighted by Crippen LogP contribution is 2.27. The van der Waals surface area contributed by atoms with Gasteiger partial charge in [0.1, 0.15) is 0 Å². The van der Waals surface area contributed by atoms with Gasteiger partial charge in [0, 0.05) is 29.7 Å². The van der Waals surface area contributed by atoms with Crippen molar-refractivity contribution < 1.29 is 5.11 Å². The topological polar surface area (TPSA) is 46.0 Å². The van der Waals surface area contributed by atoms with Gasteiger partial charge in [-0.3, -0.25) is 9.97 Å². The molecular formula is C19H14N2O. The molecule has 0 radical (unpaired) electrons. The molecule has 0 aliphatic heterocycles. The SMILES string of the molecule is OC(C#Cc1cccnc1)(c1ccccc1)c1ccccn1. The van der Waals surface area contributed by atoms with Crippen LogP contribution < -0.4 is 0 Å². The molecule has 1 atom stereocenters. The van der Waals surface area contributed by atoms with Crippen molar-refractivity contribution >= 4 is 0 Å². The molecule has 3 rings (SSSR count). The van der Waals surface area contributed by atoms with Gasteiger partial charge in [-0.1, -0.05) is 48.2 Å². The third-order valence-electron chi connectivity index (χ3n) is 3.28. The van der Waals surface area contributed by atoms with Gasteiger partial charge in [0.2, 0.25) is 0 Å². The van der Waals surface area contributed by atoms with Crippen molar-refractivity contribution in [3.05, 3.63) is 96.1 Å². The number of hydrogen-bond donors (Lipinski definition) is 1. The van der Waals surface area contributed by atoms with Crippen LogP contribution in [0.4, 0.5) is 0 Å². The van der Waals surface area contributed by atoms with E-state index in [1.807, 2.05) is 54.6 Å². The minimum atomic E-state index is -1.46. The van der Waals surface area contributed by atoms with Gasteiger partial charge >= 0.3 is 0 Å². The van der Waals surface area contributed by atoms with Crippen LogP contribution in [0.25, 0.3) is 0 Å². The molecule has 0 aliphatic carbocycles. The first kappa shape index (κ1) is 14.0. The molecule has 3 aromatic rings. The zero-order chi connectivity index (χ0) is 15.3. The Bertz CT molecular complexity index is 751. The molecule has 1 unspecified atom stereocenters. The van der Waals surface area contributed by atoms with Crippen molar-refractivity contribution in [2.45, 2.75) is 5.60 Å². The molecule has 1 N–H and O–H groups in total. The third kappa shape index (κ3) is 2.88. The predicted octanol–water partition coefficient (Wildman–Crippen LogP) is 2.76. The first-order valence-electron chi connectivity index (χ1n) is 6.92. The minimum Gasteiger partial charge on any atom is -0.368 e. The fourth-order valence-electron chi connectivity index (χ4n) is 2.14. The lowest BCUT2D eigenvalue weighted by molar-refractivity contribution is 0.140. The van der Waals surface area contributed by atoms with Crippen LogP contribution in [0.3, 0.4) is 0 Å². The van der Waals surface area contributed by atoms with E-state index in [4.69, 9.17) is 0 Å². The summed E-state index contributed by atoms with van der Waals surface area (Å²) in [4.78, 5) is 8.30. The molecule has 0 aliphatic rings. The summed E-state index contributed by atoms with van der Waals surface area (Å²) >= 11 is 0. The molecule has 0 bridgehead atoms. The van der Waals surface area contributed by atoms with E-state index < -0.39 is 5.60 Å². The maximum atomic E-state index is 11.2. The van der Waals surface area contributed by atoms with Crippen LogP contribution in [0.1, 0.15) is 16.8 Å². The number of aliphatic hydroxyl groups is 1. The Hall–Kier alpha value is -2.96. The van der Waals surface area contributed by atoms with Crippen molar-refractivity contribution in [2.24, 2.45) is 0 Å². The summed E-state index contributed by atoms with van der Waals surface area (Å²) in [6.45, 7) is 0. The summed E-state index contributed by atoms with van der Waals surface area (Å²) in [6.07, 6.45) is 5.00. The lowest BCUT2D eigenvalue weighted by atomic mass is 9.90. The third-order valence-corrected chi connectivity index (χ3v) is 3.28. The second-order valence-electron chi connectivity index (χ2n) is 4.78. The zero-order valence-electron chi connectivity index (χ0n) is 11.8. The Balaban J connectivity index is 2.11. The summed E-state index contributed by atoms with van der Waals surface area (Å²) in [6, 6.07) is 18.4. The summed E-state index contributed by atoms with van der Waals surface area (Å²) in [5.74, 6) is 5.93. The van der Waals surface area contributed by atoms with Gasteiger partial charge in [-0.05, 0) is 24.3 Å². The van der Waals surface area contributed by atoms with E-state index in [9.17, 15) is 5.11 Å². The fraction of sp³-hybridized carbons (Fsp3) is 0.0526. The molecule has 0 fully saturated rings. The molecule has 2 heterocycles. The van der Waals surface area contributed by atoms with Crippen molar-refractivity contribution in [3.63, 3.8) is 0 Å². The van der Waals surface area contributed by atoms with Gasteiger partial charge in [-0.25, -0.2) is 0 Å². The number of nitrogens with zero attached hydrogens (tertiary/aromatic N) is 2. The number of hydrogen-bond acceptors (Lipinski definition) is 3. The quantitative estimate of drug-likeness (QED) is 0.737. The number of benzene rings is 1. The van der Waals surface area contributed by atoms with Crippen LogP contribution in [0.2, 0.25) is 0 Å². The van der Waals surface area contributed by atoms with Gasteiger partial charge in [0.05, 0.1) is 5.69 Å². The Kier molecular flexibility index (Phi) is 3.95. The van der Waals surface area contributed by atoms with Crippen LogP contribution in [0.5, 0.6) is 0 Å². The van der Waals surface area contributed by atoms with Gasteiger partial charge in [0.15, 0.2) is 5.60 Å². The molecule has 1 aromatic carbocycles. The van der Waals surface area contributed by atoms with Crippen molar-refractivity contribution in [3.8, 4) is 11.8 Å². The molecular weight excluding hydrogens is 272 g/mol. The zero-order valence-corrected chi connectivity index (χ0v) is 11.8. The monoisotopic (exact) mass is 286 g/mol. The Labute approximate surface area is 129 Å². The predicted molar refractivity (Wildman–Crippen MR) is 84.8 cm³/mol. The second kappa shape index (κ2) is 6.21. The molecule has 0 spiro atoms. The molecule has 2 aromatic heterocycles. The maximum absolute atomic E-state index is 11.2. The van der Waals surface area contributed by atoms with Crippen molar-refractivity contribution in [2.75, 3.05) is 0 Å². The van der Waals surface area contributed by atoms with E-state index in [0.717, 1.165) is 5.56 Å². The van der Waals surface area contributed by atoms with Gasteiger partial charge < -0.3 is 5.11 Å². The van der Waals surface area contributed by atoms with Crippen LogP contribution in [-0.2, 0) is 5.60 Å². The Morgan fingerprint density at radius 1 is 0.864 bits per heavy atom. The van der Waals surface area contributed by atoms with Gasteiger partial charge in [0.25, 0.3) is 0 Å². The lowest BCUT2D eigenvalue weighted by Gasteiger charge is -2.22. The van der Waals surface area contributed by atoms with E-state index in [1.54, 1.807) is 24.7 Å². The smallest absolute Gasteiger partial charge is 0.194 e. The van der Waals surface area contributed by atoms with Gasteiger partial charge in [-0.2, -0.15) is 0 Å². The van der Waals surface area contributed by atoms with Crippen LogP contribution in [0, 0.1) is 11.8 Å². The van der Waals surface area contributed by atoms with Crippen molar-refractivity contribution in [1.29, 1.82) is 0 Å². The lowest BCUT2D eigenvalue weighted by Crippen LogP contribution is -2.26. The Morgan fingerprint density at radius 2 is 1.68 bits per heavy atom. The first-order chi connectivity index (χ1) is 10.8. The van der Waals surface area contributed by atoms with E-state index in [0.29, 0.717) is 11.3 Å². The summed E-state index contributed by atoms with van der Waals surface area (Å²) in [5.41, 5.74) is 0.466. The fourth-order valence-corrected chi connectivity index (χ4v) is 2.14. The van der Waals surface area contributed by atoms with E-state index in [2.05, 4.69) is 21.8 Å². The molecule has 0 saturated carbocycles. The van der Waals surface area contributed by atoms with Crippen molar-refractivity contribution in [1.82, 2.24) is 9.97 Å². The Morgan fingerprint density at radius 3 is 2.36 bits per heavy atom. The second-order valence-corrected chi connectivity index (χ2v) is 4.78. The largest absolute Gasteiger partial charge is 0.368 e. The molecule has 0 saturated heterocycles. The standard InChI is InChI=1S/C19H14N2O/c22-19(17-8-2-1-3-9-17,18-10-4-5-14-21-18)12-11-16-7-6-13-20-15-16/h1-10,13-15,22H. The summed E-state index contributed by atoms with van der Waals surface area (Å²) < 4.78 is 0. The number of pyridine rings is 2. The highest BCUT2D eigenvalue weighted by molar-refractivity contribution is 5.44. The molecule has 3 heteroatoms. The van der Waals surface area contributed by atoms with Gasteiger partial charge in [-0.15, -0.1) is 0 Å². The van der Waals surface area contributed by atoms with E-state index in [-0.39, 0.29) is 0 Å². The number of rotatable bonds is 2. The minimum absolute atomic E-state index is 0.498. The highest BCUT2D eigenvalue weighted by Gasteiger charge is 2.30. The summed E-state index contributed by atoms with van der Waals surface area (Å²) in [7, 11) is 0. The average Bonchev–Trinajstić information content (AvgIpc) is 2.62. The summed E-state index contributed by atoms with van der Waals surface area (Å²) in [5, 5.41) is 11.2. The number of aromatic nitrogens is 2. The molecule has 0 amide bonds. The highest BCUT2D eigenvalue weighted by atomic mass is 16.3. The normalized spacial score (nSPS) is 12.8. The molecule has 3 nitrogen and oxygen atoms in total. The van der Waals surface area contributed by atoms with E-state index in [1.165, 1.54) is 0 Å². The molecule has 106 valence electrons.